The number of rotatable bonds is 5. The Morgan fingerprint density at radius 3 is 2.18 bits per heavy atom. The van der Waals surface area contributed by atoms with E-state index in [0.717, 1.165) is 13.1 Å². The maximum atomic E-state index is 3.52. The Kier molecular flexibility index (Phi) is 5.90. The van der Waals surface area contributed by atoms with E-state index in [-0.39, 0.29) is 0 Å². The second-order valence-corrected chi connectivity index (χ2v) is 6.25. The van der Waals surface area contributed by atoms with E-state index in [1.54, 1.807) is 0 Å². The molecule has 0 saturated carbocycles. The van der Waals surface area contributed by atoms with Crippen molar-refractivity contribution in [3.8, 4) is 0 Å². The molecule has 1 heterocycles. The smallest absolute Gasteiger partial charge is 0.0193 e. The molecule has 0 spiro atoms. The number of piperazine rings is 1. The molecule has 0 aromatic carbocycles. The molecule has 0 aromatic heterocycles. The van der Waals surface area contributed by atoms with Gasteiger partial charge in [0.25, 0.3) is 0 Å². The lowest BCUT2D eigenvalue weighted by Crippen LogP contribution is -2.56. The first kappa shape index (κ1) is 14.9. The van der Waals surface area contributed by atoms with E-state index >= 15 is 0 Å². The Morgan fingerprint density at radius 1 is 1.12 bits per heavy atom. The topological polar surface area (TPSA) is 18.5 Å². The van der Waals surface area contributed by atoms with Gasteiger partial charge < -0.3 is 5.32 Å². The van der Waals surface area contributed by atoms with Gasteiger partial charge in [-0.05, 0) is 40.7 Å². The third-order valence-corrected chi connectivity index (χ3v) is 3.75. The van der Waals surface area contributed by atoms with Crippen molar-refractivity contribution in [1.82, 2.24) is 15.1 Å². The highest BCUT2D eigenvalue weighted by Gasteiger charge is 2.27. The fraction of sp³-hybridized carbons (Fsp3) is 1.00. The van der Waals surface area contributed by atoms with Crippen molar-refractivity contribution in [3.63, 3.8) is 0 Å². The Hall–Kier alpha value is -0.120. The van der Waals surface area contributed by atoms with Crippen LogP contribution >= 0.6 is 0 Å². The van der Waals surface area contributed by atoms with Crippen LogP contribution in [0, 0.1) is 0 Å². The molecule has 0 bridgehead atoms. The second-order valence-electron chi connectivity index (χ2n) is 6.25. The normalized spacial score (nSPS) is 21.7. The summed E-state index contributed by atoms with van der Waals surface area (Å²) in [6.45, 7) is 18.6. The minimum Gasteiger partial charge on any atom is -0.315 e. The average Bonchev–Trinajstić information content (AvgIpc) is 2.28. The standard InChI is InChI=1S/C14H31N3/c1-6-7-15-12-13(2)16-8-10-17(11-9-16)14(3,4)5/h13,15H,6-12H2,1-5H3. The molecule has 0 radical (unpaired) electrons. The van der Waals surface area contributed by atoms with Gasteiger partial charge in [-0.25, -0.2) is 0 Å². The molecular weight excluding hydrogens is 210 g/mol. The lowest BCUT2D eigenvalue weighted by atomic mass is 10.0. The van der Waals surface area contributed by atoms with Crippen molar-refractivity contribution in [3.05, 3.63) is 0 Å². The molecule has 0 aromatic rings. The van der Waals surface area contributed by atoms with Crippen LogP contribution in [0.3, 0.4) is 0 Å². The molecule has 1 aliphatic heterocycles. The number of nitrogens with zero attached hydrogens (tertiary/aromatic N) is 2. The maximum absolute atomic E-state index is 3.52. The number of hydrogen-bond acceptors (Lipinski definition) is 3. The molecule has 102 valence electrons. The molecule has 3 nitrogen and oxygen atoms in total. The SMILES string of the molecule is CCCNCC(C)N1CCN(C(C)(C)C)CC1. The largest absolute Gasteiger partial charge is 0.315 e. The van der Waals surface area contributed by atoms with Gasteiger partial charge in [-0.2, -0.15) is 0 Å². The van der Waals surface area contributed by atoms with Crippen molar-refractivity contribution in [2.75, 3.05) is 39.3 Å². The molecule has 1 aliphatic rings. The van der Waals surface area contributed by atoms with Gasteiger partial charge in [-0.15, -0.1) is 0 Å². The highest BCUT2D eigenvalue weighted by molar-refractivity contribution is 4.84. The van der Waals surface area contributed by atoms with Crippen molar-refractivity contribution in [2.45, 2.75) is 52.6 Å². The zero-order valence-electron chi connectivity index (χ0n) is 12.4. The molecule has 1 N–H and O–H groups in total. The van der Waals surface area contributed by atoms with E-state index < -0.39 is 0 Å². The van der Waals surface area contributed by atoms with Crippen LogP contribution in [-0.4, -0.2) is 60.6 Å². The van der Waals surface area contributed by atoms with Crippen molar-refractivity contribution in [2.24, 2.45) is 0 Å². The molecule has 3 heteroatoms. The third-order valence-electron chi connectivity index (χ3n) is 3.75. The predicted molar refractivity (Wildman–Crippen MR) is 75.5 cm³/mol. The van der Waals surface area contributed by atoms with Gasteiger partial charge in [0.2, 0.25) is 0 Å². The summed E-state index contributed by atoms with van der Waals surface area (Å²) in [6, 6.07) is 0.670. The summed E-state index contributed by atoms with van der Waals surface area (Å²) in [6.07, 6.45) is 1.23. The fourth-order valence-corrected chi connectivity index (χ4v) is 2.45. The molecular formula is C14H31N3. The first-order chi connectivity index (χ1) is 7.95. The first-order valence-corrected chi connectivity index (χ1v) is 7.15. The Morgan fingerprint density at radius 2 is 1.71 bits per heavy atom. The van der Waals surface area contributed by atoms with E-state index in [0.29, 0.717) is 11.6 Å². The van der Waals surface area contributed by atoms with Crippen LogP contribution in [-0.2, 0) is 0 Å². The monoisotopic (exact) mass is 241 g/mol. The van der Waals surface area contributed by atoms with Crippen LogP contribution in [0.25, 0.3) is 0 Å². The highest BCUT2D eigenvalue weighted by Crippen LogP contribution is 2.16. The summed E-state index contributed by atoms with van der Waals surface area (Å²) in [5.41, 5.74) is 0.329. The maximum Gasteiger partial charge on any atom is 0.0193 e. The molecule has 0 amide bonds. The van der Waals surface area contributed by atoms with Crippen LogP contribution in [0.2, 0.25) is 0 Å². The van der Waals surface area contributed by atoms with Crippen molar-refractivity contribution < 1.29 is 0 Å². The van der Waals surface area contributed by atoms with Crippen LogP contribution in [0.1, 0.15) is 41.0 Å². The highest BCUT2D eigenvalue weighted by atomic mass is 15.3. The van der Waals surface area contributed by atoms with Crippen LogP contribution < -0.4 is 5.32 Å². The fourth-order valence-electron chi connectivity index (χ4n) is 2.45. The lowest BCUT2D eigenvalue weighted by Gasteiger charge is -2.44. The molecule has 0 aliphatic carbocycles. The van der Waals surface area contributed by atoms with E-state index in [1.165, 1.54) is 32.6 Å². The zero-order chi connectivity index (χ0) is 12.9. The van der Waals surface area contributed by atoms with E-state index in [2.05, 4.69) is 49.7 Å². The van der Waals surface area contributed by atoms with Crippen molar-refractivity contribution in [1.29, 1.82) is 0 Å². The summed E-state index contributed by atoms with van der Waals surface area (Å²) < 4.78 is 0. The summed E-state index contributed by atoms with van der Waals surface area (Å²) in [4.78, 5) is 5.21. The quantitative estimate of drug-likeness (QED) is 0.740. The van der Waals surface area contributed by atoms with Crippen LogP contribution in [0.15, 0.2) is 0 Å². The average molecular weight is 241 g/mol. The van der Waals surface area contributed by atoms with Crippen LogP contribution in [0.4, 0.5) is 0 Å². The van der Waals surface area contributed by atoms with Gasteiger partial charge in [-0.3, -0.25) is 9.80 Å². The van der Waals surface area contributed by atoms with E-state index in [4.69, 9.17) is 0 Å². The Labute approximate surface area is 108 Å². The second kappa shape index (κ2) is 6.72. The lowest BCUT2D eigenvalue weighted by molar-refractivity contribution is 0.0457. The predicted octanol–water partition coefficient (Wildman–Crippen LogP) is 1.79. The molecule has 1 fully saturated rings. The summed E-state index contributed by atoms with van der Waals surface area (Å²) in [7, 11) is 0. The minimum atomic E-state index is 0.329. The van der Waals surface area contributed by atoms with Gasteiger partial charge in [0.1, 0.15) is 0 Å². The van der Waals surface area contributed by atoms with Gasteiger partial charge >= 0.3 is 0 Å². The summed E-state index contributed by atoms with van der Waals surface area (Å²) in [5, 5.41) is 3.52. The molecule has 1 unspecified atom stereocenters. The van der Waals surface area contributed by atoms with Crippen molar-refractivity contribution >= 4 is 0 Å². The van der Waals surface area contributed by atoms with Gasteiger partial charge in [0.05, 0.1) is 0 Å². The van der Waals surface area contributed by atoms with Gasteiger partial charge in [-0.1, -0.05) is 6.92 Å². The summed E-state index contributed by atoms with van der Waals surface area (Å²) in [5.74, 6) is 0. The molecule has 17 heavy (non-hydrogen) atoms. The van der Waals surface area contributed by atoms with Crippen LogP contribution in [0.5, 0.6) is 0 Å². The Balaban J connectivity index is 2.26. The van der Waals surface area contributed by atoms with E-state index in [1.807, 2.05) is 0 Å². The molecule has 1 rings (SSSR count). The van der Waals surface area contributed by atoms with E-state index in [9.17, 15) is 0 Å². The number of hydrogen-bond donors (Lipinski definition) is 1. The Bertz CT molecular complexity index is 202. The third kappa shape index (κ3) is 4.94. The van der Waals surface area contributed by atoms with Gasteiger partial charge in [0.15, 0.2) is 0 Å². The van der Waals surface area contributed by atoms with Gasteiger partial charge in [0, 0.05) is 44.3 Å². The molecule has 1 atom stereocenters. The zero-order valence-corrected chi connectivity index (χ0v) is 12.4. The summed E-state index contributed by atoms with van der Waals surface area (Å²) >= 11 is 0. The number of nitrogens with one attached hydrogen (secondary N) is 1. The first-order valence-electron chi connectivity index (χ1n) is 7.15. The minimum absolute atomic E-state index is 0.329. The molecule has 1 saturated heterocycles.